The molecule has 4 nitrogen and oxygen atoms in total. The van der Waals surface area contributed by atoms with Gasteiger partial charge in [-0.05, 0) is 48.6 Å². The molecule has 0 unspecified atom stereocenters. The standard InChI is InChI=1S/C24H30Cl2N2O2S/c1-16(2)12-27-24(30)18(4)28(13-19-9-10-21(25)11-22(19)26)23(29)15-31-14-20-8-6-5-7-17(20)3/h5-11,16,18H,12-15H2,1-4H3,(H,27,30)/t18-/m1/s1. The molecule has 0 saturated carbocycles. The van der Waals surface area contributed by atoms with Crippen LogP contribution in [0.2, 0.25) is 10.0 Å². The topological polar surface area (TPSA) is 49.4 Å². The van der Waals surface area contributed by atoms with Gasteiger partial charge < -0.3 is 10.2 Å². The molecule has 0 radical (unpaired) electrons. The van der Waals surface area contributed by atoms with E-state index < -0.39 is 6.04 Å². The molecule has 1 N–H and O–H groups in total. The van der Waals surface area contributed by atoms with Crippen molar-refractivity contribution >= 4 is 46.8 Å². The molecule has 2 aromatic rings. The van der Waals surface area contributed by atoms with Crippen LogP contribution in [-0.2, 0) is 21.9 Å². The lowest BCUT2D eigenvalue weighted by Gasteiger charge is -2.29. The zero-order valence-corrected chi connectivity index (χ0v) is 20.8. The second kappa shape index (κ2) is 12.4. The molecule has 7 heteroatoms. The van der Waals surface area contributed by atoms with Gasteiger partial charge in [0, 0.05) is 28.9 Å². The molecular formula is C24H30Cl2N2O2S. The van der Waals surface area contributed by atoms with Crippen molar-refractivity contribution in [3.05, 3.63) is 69.2 Å². The van der Waals surface area contributed by atoms with E-state index in [-0.39, 0.29) is 24.1 Å². The summed E-state index contributed by atoms with van der Waals surface area (Å²) in [4.78, 5) is 27.4. The summed E-state index contributed by atoms with van der Waals surface area (Å²) in [6, 6.07) is 12.7. The van der Waals surface area contributed by atoms with E-state index in [4.69, 9.17) is 23.2 Å². The summed E-state index contributed by atoms with van der Waals surface area (Å²) in [5.74, 6) is 1.08. The number of carbonyl (C=O) groups excluding carboxylic acids is 2. The number of rotatable bonds is 10. The normalized spacial score (nSPS) is 12.0. The maximum atomic E-state index is 13.1. The van der Waals surface area contributed by atoms with E-state index in [2.05, 4.69) is 24.4 Å². The number of hydrogen-bond donors (Lipinski definition) is 1. The first-order valence-corrected chi connectivity index (χ1v) is 12.2. The highest BCUT2D eigenvalue weighted by atomic mass is 35.5. The minimum Gasteiger partial charge on any atom is -0.354 e. The van der Waals surface area contributed by atoms with Crippen molar-refractivity contribution in [2.24, 2.45) is 5.92 Å². The Morgan fingerprint density at radius 2 is 1.77 bits per heavy atom. The van der Waals surface area contributed by atoms with Crippen LogP contribution in [0.1, 0.15) is 37.5 Å². The van der Waals surface area contributed by atoms with Crippen LogP contribution in [0.3, 0.4) is 0 Å². The lowest BCUT2D eigenvalue weighted by atomic mass is 10.1. The van der Waals surface area contributed by atoms with Crippen LogP contribution < -0.4 is 5.32 Å². The van der Waals surface area contributed by atoms with Crippen molar-refractivity contribution in [3.8, 4) is 0 Å². The summed E-state index contributed by atoms with van der Waals surface area (Å²) in [6.07, 6.45) is 0. The highest BCUT2D eigenvalue weighted by molar-refractivity contribution is 7.99. The van der Waals surface area contributed by atoms with Gasteiger partial charge in [-0.1, -0.05) is 67.4 Å². The van der Waals surface area contributed by atoms with Gasteiger partial charge in [0.05, 0.1) is 5.75 Å². The molecule has 0 fully saturated rings. The minimum atomic E-state index is -0.614. The highest BCUT2D eigenvalue weighted by Crippen LogP contribution is 2.24. The molecule has 0 spiro atoms. The van der Waals surface area contributed by atoms with E-state index in [1.54, 1.807) is 41.8 Å². The molecule has 2 amide bonds. The Morgan fingerprint density at radius 3 is 2.42 bits per heavy atom. The first-order chi connectivity index (χ1) is 14.7. The Hall–Kier alpha value is -1.69. The molecule has 168 valence electrons. The predicted molar refractivity (Wildman–Crippen MR) is 132 cm³/mol. The largest absolute Gasteiger partial charge is 0.354 e. The number of hydrogen-bond acceptors (Lipinski definition) is 3. The molecule has 31 heavy (non-hydrogen) atoms. The third-order valence-corrected chi connectivity index (χ3v) is 6.51. The van der Waals surface area contributed by atoms with Gasteiger partial charge in [0.1, 0.15) is 6.04 Å². The first kappa shape index (κ1) is 25.6. The second-order valence-corrected chi connectivity index (χ2v) is 9.82. The van der Waals surface area contributed by atoms with E-state index in [1.807, 2.05) is 26.0 Å². The molecular weight excluding hydrogens is 451 g/mol. The van der Waals surface area contributed by atoms with Crippen LogP contribution in [0, 0.1) is 12.8 Å². The van der Waals surface area contributed by atoms with Crippen molar-refractivity contribution in [3.63, 3.8) is 0 Å². The van der Waals surface area contributed by atoms with Gasteiger partial charge in [-0.3, -0.25) is 9.59 Å². The lowest BCUT2D eigenvalue weighted by Crippen LogP contribution is -2.48. The Labute approximate surface area is 199 Å². The molecule has 0 aliphatic rings. The molecule has 0 aromatic heterocycles. The third-order valence-electron chi connectivity index (χ3n) is 4.95. The van der Waals surface area contributed by atoms with E-state index >= 15 is 0 Å². The monoisotopic (exact) mass is 480 g/mol. The lowest BCUT2D eigenvalue weighted by molar-refractivity contribution is -0.138. The zero-order valence-electron chi connectivity index (χ0n) is 18.5. The maximum absolute atomic E-state index is 13.1. The van der Waals surface area contributed by atoms with Gasteiger partial charge in [-0.25, -0.2) is 0 Å². The van der Waals surface area contributed by atoms with Gasteiger partial charge in [-0.2, -0.15) is 0 Å². The summed E-state index contributed by atoms with van der Waals surface area (Å²) in [5.41, 5.74) is 3.16. The molecule has 2 rings (SSSR count). The SMILES string of the molecule is Cc1ccccc1CSCC(=O)N(Cc1ccc(Cl)cc1Cl)[C@H](C)C(=O)NCC(C)C. The van der Waals surface area contributed by atoms with Gasteiger partial charge in [-0.15, -0.1) is 11.8 Å². The number of amides is 2. The van der Waals surface area contributed by atoms with E-state index in [0.29, 0.717) is 22.5 Å². The predicted octanol–water partition coefficient (Wildman–Crippen LogP) is 5.72. The third kappa shape index (κ3) is 8.06. The Balaban J connectivity index is 2.12. The average Bonchev–Trinajstić information content (AvgIpc) is 2.72. The van der Waals surface area contributed by atoms with Gasteiger partial charge >= 0.3 is 0 Å². The number of halogens is 2. The van der Waals surface area contributed by atoms with Crippen LogP contribution >= 0.6 is 35.0 Å². The molecule has 0 heterocycles. The summed E-state index contributed by atoms with van der Waals surface area (Å²) >= 11 is 13.9. The van der Waals surface area contributed by atoms with Crippen molar-refractivity contribution in [1.29, 1.82) is 0 Å². The summed E-state index contributed by atoms with van der Waals surface area (Å²) < 4.78 is 0. The second-order valence-electron chi connectivity index (χ2n) is 7.99. The summed E-state index contributed by atoms with van der Waals surface area (Å²) in [6.45, 7) is 8.69. The number of nitrogens with zero attached hydrogens (tertiary/aromatic N) is 1. The number of carbonyl (C=O) groups is 2. The highest BCUT2D eigenvalue weighted by Gasteiger charge is 2.26. The van der Waals surface area contributed by atoms with Gasteiger partial charge in [0.15, 0.2) is 0 Å². The molecule has 2 aromatic carbocycles. The smallest absolute Gasteiger partial charge is 0.242 e. The van der Waals surface area contributed by atoms with Crippen LogP contribution in [-0.4, -0.2) is 35.1 Å². The average molecular weight is 481 g/mol. The van der Waals surface area contributed by atoms with E-state index in [1.165, 1.54) is 11.1 Å². The molecule has 0 bridgehead atoms. The molecule has 0 aliphatic heterocycles. The van der Waals surface area contributed by atoms with Crippen LogP contribution in [0.25, 0.3) is 0 Å². The van der Waals surface area contributed by atoms with Gasteiger partial charge in [0.2, 0.25) is 11.8 Å². The van der Waals surface area contributed by atoms with E-state index in [9.17, 15) is 9.59 Å². The summed E-state index contributed by atoms with van der Waals surface area (Å²) in [5, 5.41) is 3.93. The molecule has 1 atom stereocenters. The van der Waals surface area contributed by atoms with Crippen molar-refractivity contribution in [2.75, 3.05) is 12.3 Å². The van der Waals surface area contributed by atoms with Crippen molar-refractivity contribution in [1.82, 2.24) is 10.2 Å². The van der Waals surface area contributed by atoms with Gasteiger partial charge in [0.25, 0.3) is 0 Å². The van der Waals surface area contributed by atoms with Crippen molar-refractivity contribution < 1.29 is 9.59 Å². The van der Waals surface area contributed by atoms with Crippen LogP contribution in [0.4, 0.5) is 0 Å². The number of thioether (sulfide) groups is 1. The molecule has 0 saturated heterocycles. The molecule has 0 aliphatic carbocycles. The Kier molecular flexibility index (Phi) is 10.2. The Bertz CT molecular complexity index is 905. The van der Waals surface area contributed by atoms with Crippen LogP contribution in [0.5, 0.6) is 0 Å². The fourth-order valence-corrected chi connectivity index (χ4v) is 4.43. The maximum Gasteiger partial charge on any atom is 0.242 e. The first-order valence-electron chi connectivity index (χ1n) is 10.3. The van der Waals surface area contributed by atoms with Crippen molar-refractivity contribution in [2.45, 2.75) is 46.0 Å². The number of nitrogens with one attached hydrogen (secondary N) is 1. The summed E-state index contributed by atoms with van der Waals surface area (Å²) in [7, 11) is 0. The number of benzene rings is 2. The zero-order chi connectivity index (χ0) is 23.0. The number of aryl methyl sites for hydroxylation is 1. The Morgan fingerprint density at radius 1 is 1.06 bits per heavy atom. The minimum absolute atomic E-state index is 0.100. The van der Waals surface area contributed by atoms with Crippen LogP contribution in [0.15, 0.2) is 42.5 Å². The fraction of sp³-hybridized carbons (Fsp3) is 0.417. The quantitative estimate of drug-likeness (QED) is 0.472. The fourth-order valence-electron chi connectivity index (χ4n) is 2.97. The van der Waals surface area contributed by atoms with E-state index in [0.717, 1.165) is 11.3 Å².